The van der Waals surface area contributed by atoms with E-state index >= 15 is 0 Å². The molecule has 7 heteroatoms. The Morgan fingerprint density at radius 1 is 1.45 bits per heavy atom. The Morgan fingerprint density at radius 2 is 2.15 bits per heavy atom. The van der Waals surface area contributed by atoms with Crippen LogP contribution < -0.4 is 10.6 Å². The van der Waals surface area contributed by atoms with E-state index < -0.39 is 17.8 Å². The second kappa shape index (κ2) is 7.69. The molecule has 20 heavy (non-hydrogen) atoms. The molecule has 0 saturated heterocycles. The topological polar surface area (TPSA) is 78.4 Å². The summed E-state index contributed by atoms with van der Waals surface area (Å²) in [7, 11) is 0. The lowest BCUT2D eigenvalue weighted by Crippen LogP contribution is -2.33. The molecule has 0 bridgehead atoms. The first kappa shape index (κ1) is 16.2. The van der Waals surface area contributed by atoms with Crippen LogP contribution in [0.15, 0.2) is 18.2 Å². The number of hydrogen-bond donors (Lipinski definition) is 3. The van der Waals surface area contributed by atoms with Crippen molar-refractivity contribution in [1.29, 1.82) is 0 Å². The number of aliphatic carboxylic acids is 1. The smallest absolute Gasteiger partial charge is 0.319 e. The number of amides is 2. The van der Waals surface area contributed by atoms with Gasteiger partial charge in [0.05, 0.1) is 10.7 Å². The Morgan fingerprint density at radius 3 is 2.75 bits per heavy atom. The minimum Gasteiger partial charge on any atom is -0.481 e. The van der Waals surface area contributed by atoms with E-state index in [0.29, 0.717) is 6.42 Å². The maximum Gasteiger partial charge on any atom is 0.319 e. The second-order valence-electron chi connectivity index (χ2n) is 4.33. The number of halogens is 2. The first-order valence-corrected chi connectivity index (χ1v) is 6.51. The van der Waals surface area contributed by atoms with Gasteiger partial charge in [-0.2, -0.15) is 0 Å². The normalized spacial score (nSPS) is 11.8. The molecule has 0 radical (unpaired) electrons. The Labute approximate surface area is 121 Å². The van der Waals surface area contributed by atoms with Crippen LogP contribution in [0.3, 0.4) is 0 Å². The zero-order valence-electron chi connectivity index (χ0n) is 11.0. The van der Waals surface area contributed by atoms with Gasteiger partial charge in [0, 0.05) is 13.0 Å². The predicted molar refractivity (Wildman–Crippen MR) is 74.5 cm³/mol. The van der Waals surface area contributed by atoms with Crippen LogP contribution in [0.4, 0.5) is 14.9 Å². The van der Waals surface area contributed by atoms with Gasteiger partial charge < -0.3 is 15.7 Å². The lowest BCUT2D eigenvalue weighted by Gasteiger charge is -2.14. The molecule has 0 aliphatic rings. The molecule has 0 aliphatic carbocycles. The second-order valence-corrected chi connectivity index (χ2v) is 4.74. The van der Waals surface area contributed by atoms with Crippen LogP contribution in [-0.4, -0.2) is 23.7 Å². The van der Waals surface area contributed by atoms with E-state index in [0.717, 1.165) is 6.07 Å². The van der Waals surface area contributed by atoms with Crippen LogP contribution in [-0.2, 0) is 4.79 Å². The quantitative estimate of drug-likeness (QED) is 0.755. The lowest BCUT2D eigenvalue weighted by molar-refractivity contribution is -0.138. The summed E-state index contributed by atoms with van der Waals surface area (Å²) in [4.78, 5) is 22.2. The molecule has 0 fully saturated rings. The molecule has 3 N–H and O–H groups in total. The summed E-state index contributed by atoms with van der Waals surface area (Å²) < 4.78 is 13.0. The van der Waals surface area contributed by atoms with E-state index in [1.807, 2.05) is 6.92 Å². The summed E-state index contributed by atoms with van der Waals surface area (Å²) in [6.45, 7) is 2.07. The average molecular weight is 303 g/mol. The van der Waals surface area contributed by atoms with Crippen molar-refractivity contribution in [2.45, 2.75) is 19.8 Å². The summed E-state index contributed by atoms with van der Waals surface area (Å²) in [5.41, 5.74) is 0.162. The molecule has 1 atom stereocenters. The van der Waals surface area contributed by atoms with Crippen molar-refractivity contribution in [3.8, 4) is 0 Å². The molecule has 0 heterocycles. The lowest BCUT2D eigenvalue weighted by atomic mass is 10.0. The van der Waals surface area contributed by atoms with Crippen LogP contribution in [0.1, 0.15) is 19.8 Å². The van der Waals surface area contributed by atoms with E-state index in [4.69, 9.17) is 16.7 Å². The number of carbonyl (C=O) groups is 2. The van der Waals surface area contributed by atoms with E-state index in [2.05, 4.69) is 10.6 Å². The van der Waals surface area contributed by atoms with Gasteiger partial charge in [-0.25, -0.2) is 9.18 Å². The van der Waals surface area contributed by atoms with E-state index in [1.54, 1.807) is 0 Å². The summed E-state index contributed by atoms with van der Waals surface area (Å²) >= 11 is 5.81. The molecular formula is C13H16ClFN2O3. The molecule has 0 aliphatic heterocycles. The molecule has 2 amide bonds. The standard InChI is InChI=1S/C13H16ClFN2O3/c1-2-8(5-12(18)19)7-16-13(20)17-11-6-9(15)3-4-10(11)14/h3-4,6,8H,2,5,7H2,1H3,(H,18,19)(H2,16,17,20). The Bertz CT molecular complexity index is 497. The number of urea groups is 1. The monoisotopic (exact) mass is 302 g/mol. The number of anilines is 1. The van der Waals surface area contributed by atoms with Gasteiger partial charge in [-0.05, 0) is 24.1 Å². The van der Waals surface area contributed by atoms with Crippen molar-refractivity contribution in [3.05, 3.63) is 29.0 Å². The van der Waals surface area contributed by atoms with Gasteiger partial charge >= 0.3 is 12.0 Å². The van der Waals surface area contributed by atoms with Crippen molar-refractivity contribution < 1.29 is 19.1 Å². The number of benzene rings is 1. The minimum absolute atomic E-state index is 0.0164. The van der Waals surface area contributed by atoms with Crippen molar-refractivity contribution >= 4 is 29.3 Å². The number of nitrogens with one attached hydrogen (secondary N) is 2. The zero-order valence-corrected chi connectivity index (χ0v) is 11.7. The summed E-state index contributed by atoms with van der Waals surface area (Å²) in [6, 6.07) is 3.08. The SMILES string of the molecule is CCC(CNC(=O)Nc1cc(F)ccc1Cl)CC(=O)O. The molecule has 1 rings (SSSR count). The summed E-state index contributed by atoms with van der Waals surface area (Å²) in [5, 5.41) is 13.9. The van der Waals surface area contributed by atoms with Gasteiger partial charge in [0.15, 0.2) is 0 Å². The fraction of sp³-hybridized carbons (Fsp3) is 0.385. The molecule has 5 nitrogen and oxygen atoms in total. The Kier molecular flexibility index (Phi) is 6.24. The first-order chi connectivity index (χ1) is 9.42. The maximum atomic E-state index is 13.0. The van der Waals surface area contributed by atoms with Crippen molar-refractivity contribution in [2.24, 2.45) is 5.92 Å². The molecule has 0 spiro atoms. The van der Waals surface area contributed by atoms with Crippen molar-refractivity contribution in [2.75, 3.05) is 11.9 Å². The fourth-order valence-corrected chi connectivity index (χ4v) is 1.77. The highest BCUT2D eigenvalue weighted by molar-refractivity contribution is 6.33. The number of carbonyl (C=O) groups excluding carboxylic acids is 1. The summed E-state index contributed by atoms with van der Waals surface area (Å²) in [5.74, 6) is -1.57. The zero-order chi connectivity index (χ0) is 15.1. The molecule has 0 saturated carbocycles. The highest BCUT2D eigenvalue weighted by Gasteiger charge is 2.13. The molecule has 1 aromatic carbocycles. The predicted octanol–water partition coefficient (Wildman–Crippen LogP) is 3.10. The van der Waals surface area contributed by atoms with Crippen molar-refractivity contribution in [3.63, 3.8) is 0 Å². The third-order valence-corrected chi connectivity index (χ3v) is 3.10. The van der Waals surface area contributed by atoms with E-state index in [1.165, 1.54) is 12.1 Å². The third-order valence-electron chi connectivity index (χ3n) is 2.77. The van der Waals surface area contributed by atoms with Gasteiger partial charge in [-0.3, -0.25) is 4.79 Å². The number of hydrogen-bond acceptors (Lipinski definition) is 2. The number of carboxylic acids is 1. The minimum atomic E-state index is -0.910. The molecule has 0 aromatic heterocycles. The van der Waals surface area contributed by atoms with E-state index in [-0.39, 0.29) is 29.6 Å². The third kappa shape index (κ3) is 5.44. The van der Waals surface area contributed by atoms with Crippen molar-refractivity contribution in [1.82, 2.24) is 5.32 Å². The van der Waals surface area contributed by atoms with Crippen LogP contribution in [0.2, 0.25) is 5.02 Å². The molecule has 110 valence electrons. The maximum absolute atomic E-state index is 13.0. The van der Waals surface area contributed by atoms with Gasteiger partial charge in [0.2, 0.25) is 0 Å². The average Bonchev–Trinajstić information content (AvgIpc) is 2.38. The van der Waals surface area contributed by atoms with Gasteiger partial charge in [-0.1, -0.05) is 24.9 Å². The first-order valence-electron chi connectivity index (χ1n) is 6.14. The molecule has 1 aromatic rings. The van der Waals surface area contributed by atoms with E-state index in [9.17, 15) is 14.0 Å². The van der Waals surface area contributed by atoms with Gasteiger partial charge in [0.25, 0.3) is 0 Å². The Hall–Kier alpha value is -1.82. The van der Waals surface area contributed by atoms with Crippen LogP contribution in [0.25, 0.3) is 0 Å². The fourth-order valence-electron chi connectivity index (χ4n) is 1.60. The number of carboxylic acid groups (broad SMARTS) is 1. The van der Waals surface area contributed by atoms with Crippen LogP contribution in [0, 0.1) is 11.7 Å². The highest BCUT2D eigenvalue weighted by atomic mass is 35.5. The largest absolute Gasteiger partial charge is 0.481 e. The molecule has 1 unspecified atom stereocenters. The summed E-state index contributed by atoms with van der Waals surface area (Å²) in [6.07, 6.45) is 0.616. The van der Waals surface area contributed by atoms with Gasteiger partial charge in [0.1, 0.15) is 5.82 Å². The number of rotatable bonds is 6. The van der Waals surface area contributed by atoms with Crippen LogP contribution in [0.5, 0.6) is 0 Å². The molecular weight excluding hydrogens is 287 g/mol. The highest BCUT2D eigenvalue weighted by Crippen LogP contribution is 2.22. The Balaban J connectivity index is 2.51. The van der Waals surface area contributed by atoms with Crippen LogP contribution >= 0.6 is 11.6 Å². The van der Waals surface area contributed by atoms with Gasteiger partial charge in [-0.15, -0.1) is 0 Å².